The van der Waals surface area contributed by atoms with Crippen LogP contribution in [-0.2, 0) is 25.6 Å². The highest BCUT2D eigenvalue weighted by Crippen LogP contribution is 2.20. The van der Waals surface area contributed by atoms with Gasteiger partial charge in [-0.3, -0.25) is 14.5 Å². The van der Waals surface area contributed by atoms with Gasteiger partial charge in [-0.05, 0) is 26.8 Å². The number of rotatable bonds is 4. The normalized spacial score (nSPS) is 12.0. The number of aromatic nitrogens is 1. The number of nitrogens with one attached hydrogen (secondary N) is 1. The van der Waals surface area contributed by atoms with E-state index < -0.39 is 21.8 Å². The lowest BCUT2D eigenvalue weighted by atomic mass is 10.2. The molecule has 1 rings (SSSR count). The van der Waals surface area contributed by atoms with Crippen LogP contribution in [0, 0.1) is 0 Å². The van der Waals surface area contributed by atoms with Crippen LogP contribution in [0.25, 0.3) is 0 Å². The van der Waals surface area contributed by atoms with Gasteiger partial charge < -0.3 is 4.74 Å². The Labute approximate surface area is 128 Å². The molecule has 9 heteroatoms. The van der Waals surface area contributed by atoms with Gasteiger partial charge in [0.25, 0.3) is 10.1 Å². The molecular weight excluding hydrogens is 320 g/mol. The molecule has 0 unspecified atom stereocenters. The Bertz CT molecular complexity index is 625. The smallest absolute Gasteiger partial charge is 0.412 e. The van der Waals surface area contributed by atoms with Crippen molar-refractivity contribution in [3.63, 3.8) is 0 Å². The van der Waals surface area contributed by atoms with Gasteiger partial charge in [-0.2, -0.15) is 8.42 Å². The first-order valence-corrected chi connectivity index (χ1v) is 8.14. The van der Waals surface area contributed by atoms with E-state index >= 15 is 0 Å². The molecule has 7 nitrogen and oxygen atoms in total. The second kappa shape index (κ2) is 6.59. The number of carbonyl (C=O) groups is 1. The quantitative estimate of drug-likeness (QED) is 0.849. The molecule has 1 heterocycles. The van der Waals surface area contributed by atoms with E-state index in [0.29, 0.717) is 5.69 Å². The minimum absolute atomic E-state index is 0.173. The first-order chi connectivity index (χ1) is 9.46. The van der Waals surface area contributed by atoms with Crippen LogP contribution in [0.2, 0.25) is 5.02 Å². The third kappa shape index (κ3) is 7.26. The van der Waals surface area contributed by atoms with E-state index in [-0.39, 0.29) is 17.3 Å². The molecule has 0 aromatic carbocycles. The van der Waals surface area contributed by atoms with Crippen molar-refractivity contribution in [3.05, 3.63) is 23.0 Å². The fourth-order valence-corrected chi connectivity index (χ4v) is 1.77. The minimum atomic E-state index is -3.58. The lowest BCUT2D eigenvalue weighted by molar-refractivity contribution is 0.0636. The molecule has 1 N–H and O–H groups in total. The molecule has 0 atom stereocenters. The molecule has 1 amide bonds. The maximum Gasteiger partial charge on any atom is 0.412 e. The summed E-state index contributed by atoms with van der Waals surface area (Å²) in [6.45, 7) is 4.95. The van der Waals surface area contributed by atoms with Crippen molar-refractivity contribution in [1.29, 1.82) is 0 Å². The van der Waals surface area contributed by atoms with E-state index in [4.69, 9.17) is 16.3 Å². The van der Waals surface area contributed by atoms with Crippen molar-refractivity contribution >= 4 is 33.5 Å². The van der Waals surface area contributed by atoms with Crippen LogP contribution in [0.1, 0.15) is 26.5 Å². The second-order valence-electron chi connectivity index (χ2n) is 5.25. The highest BCUT2D eigenvalue weighted by Gasteiger charge is 2.17. The highest BCUT2D eigenvalue weighted by molar-refractivity contribution is 7.85. The van der Waals surface area contributed by atoms with Crippen molar-refractivity contribution in [1.82, 2.24) is 4.98 Å². The van der Waals surface area contributed by atoms with Gasteiger partial charge in [0.05, 0.1) is 28.9 Å². The van der Waals surface area contributed by atoms with Gasteiger partial charge in [-0.25, -0.2) is 4.79 Å². The molecule has 118 valence electrons. The van der Waals surface area contributed by atoms with Crippen LogP contribution in [0.3, 0.4) is 0 Å². The molecular formula is C12H17ClN2O5S. The zero-order chi connectivity index (χ0) is 16.3. The number of anilines is 1. The predicted octanol–water partition coefficient (Wildman–Crippen LogP) is 2.56. The van der Waals surface area contributed by atoms with Gasteiger partial charge >= 0.3 is 6.09 Å². The molecule has 0 saturated heterocycles. The number of ether oxygens (including phenoxy) is 1. The number of hydrogen-bond acceptors (Lipinski definition) is 6. The summed E-state index contributed by atoms with van der Waals surface area (Å²) in [7, 11) is -3.58. The molecule has 1 aromatic heterocycles. The van der Waals surface area contributed by atoms with Gasteiger partial charge in [-0.15, -0.1) is 0 Å². The lowest BCUT2D eigenvalue weighted by Crippen LogP contribution is -2.27. The summed E-state index contributed by atoms with van der Waals surface area (Å²) in [6, 6.07) is 1.43. The largest absolute Gasteiger partial charge is 0.444 e. The van der Waals surface area contributed by atoms with Crippen LogP contribution >= 0.6 is 11.6 Å². The molecule has 0 fully saturated rings. The van der Waals surface area contributed by atoms with E-state index in [0.717, 1.165) is 6.26 Å². The van der Waals surface area contributed by atoms with Crippen LogP contribution in [-0.4, -0.2) is 31.4 Å². The van der Waals surface area contributed by atoms with E-state index in [2.05, 4.69) is 14.5 Å². The second-order valence-corrected chi connectivity index (χ2v) is 7.30. The summed E-state index contributed by atoms with van der Waals surface area (Å²) in [5.74, 6) is 0. The summed E-state index contributed by atoms with van der Waals surface area (Å²) in [5.41, 5.74) is -0.0425. The summed E-state index contributed by atoms with van der Waals surface area (Å²) in [6.07, 6.45) is 1.62. The number of nitrogens with zero attached hydrogens (tertiary/aromatic N) is 1. The SMILES string of the molecule is CC(C)(C)OC(=O)Nc1cnc(COS(C)(=O)=O)c(Cl)c1. The fraction of sp³-hybridized carbons (Fsp3) is 0.500. The molecule has 0 bridgehead atoms. The van der Waals surface area contributed by atoms with Crippen molar-refractivity contribution in [3.8, 4) is 0 Å². The zero-order valence-electron chi connectivity index (χ0n) is 12.1. The Morgan fingerprint density at radius 1 is 1.43 bits per heavy atom. The van der Waals surface area contributed by atoms with E-state index in [9.17, 15) is 13.2 Å². The molecule has 1 aromatic rings. The first-order valence-electron chi connectivity index (χ1n) is 5.95. The maximum absolute atomic E-state index is 11.6. The van der Waals surface area contributed by atoms with Gasteiger partial charge in [0.15, 0.2) is 0 Å². The highest BCUT2D eigenvalue weighted by atomic mass is 35.5. The zero-order valence-corrected chi connectivity index (χ0v) is 13.7. The average molecular weight is 337 g/mol. The maximum atomic E-state index is 11.6. The predicted molar refractivity (Wildman–Crippen MR) is 78.7 cm³/mol. The van der Waals surface area contributed by atoms with Crippen molar-refractivity contribution < 1.29 is 22.1 Å². The minimum Gasteiger partial charge on any atom is -0.444 e. The molecule has 0 spiro atoms. The molecule has 0 radical (unpaired) electrons. The first kappa shape index (κ1) is 17.7. The standard InChI is InChI=1S/C12H17ClN2O5S/c1-12(2,3)20-11(16)15-8-5-9(13)10(14-6-8)7-19-21(4,17)18/h5-6H,7H2,1-4H3,(H,15,16). The number of pyridine rings is 1. The van der Waals surface area contributed by atoms with Gasteiger partial charge in [0.1, 0.15) is 12.2 Å². The lowest BCUT2D eigenvalue weighted by Gasteiger charge is -2.19. The van der Waals surface area contributed by atoms with Crippen molar-refractivity contribution in [2.75, 3.05) is 11.6 Å². The molecule has 0 aliphatic carbocycles. The van der Waals surface area contributed by atoms with Crippen LogP contribution in [0.4, 0.5) is 10.5 Å². The monoisotopic (exact) mass is 336 g/mol. The third-order valence-electron chi connectivity index (χ3n) is 1.97. The molecule has 21 heavy (non-hydrogen) atoms. The number of halogens is 1. The average Bonchev–Trinajstić information content (AvgIpc) is 2.23. The molecule has 0 aliphatic rings. The van der Waals surface area contributed by atoms with Crippen LogP contribution in [0.15, 0.2) is 12.3 Å². The van der Waals surface area contributed by atoms with Crippen LogP contribution < -0.4 is 5.32 Å². The number of amides is 1. The van der Waals surface area contributed by atoms with Crippen molar-refractivity contribution in [2.24, 2.45) is 0 Å². The Morgan fingerprint density at radius 2 is 2.05 bits per heavy atom. The molecule has 0 saturated carbocycles. The number of hydrogen-bond donors (Lipinski definition) is 1. The van der Waals surface area contributed by atoms with E-state index in [1.807, 2.05) is 0 Å². The Hall–Kier alpha value is -1.38. The van der Waals surface area contributed by atoms with Crippen molar-refractivity contribution in [2.45, 2.75) is 33.0 Å². The van der Waals surface area contributed by atoms with Crippen LogP contribution in [0.5, 0.6) is 0 Å². The van der Waals surface area contributed by atoms with Gasteiger partial charge in [-0.1, -0.05) is 11.6 Å². The fourth-order valence-electron chi connectivity index (χ4n) is 1.23. The van der Waals surface area contributed by atoms with Gasteiger partial charge in [0.2, 0.25) is 0 Å². The molecule has 0 aliphatic heterocycles. The third-order valence-corrected chi connectivity index (χ3v) is 2.85. The number of carbonyl (C=O) groups excluding carboxylic acids is 1. The summed E-state index contributed by atoms with van der Waals surface area (Å²) >= 11 is 5.95. The van der Waals surface area contributed by atoms with E-state index in [1.54, 1.807) is 20.8 Å². The van der Waals surface area contributed by atoms with E-state index in [1.165, 1.54) is 12.3 Å². The Kier molecular flexibility index (Phi) is 5.54. The Balaban J connectivity index is 2.72. The summed E-state index contributed by atoms with van der Waals surface area (Å²) in [4.78, 5) is 15.5. The summed E-state index contributed by atoms with van der Waals surface area (Å²) in [5, 5.41) is 2.65. The topological polar surface area (TPSA) is 94.6 Å². The summed E-state index contributed by atoms with van der Waals surface area (Å²) < 4.78 is 31.5. The van der Waals surface area contributed by atoms with Gasteiger partial charge in [0, 0.05) is 0 Å². The Morgan fingerprint density at radius 3 is 2.52 bits per heavy atom.